The summed E-state index contributed by atoms with van der Waals surface area (Å²) in [6, 6.07) is 6.01. The molecular formula is C13H16N2O4. The van der Waals surface area contributed by atoms with Gasteiger partial charge in [0.25, 0.3) is 0 Å². The Morgan fingerprint density at radius 3 is 3.16 bits per heavy atom. The monoisotopic (exact) mass is 264 g/mol. The zero-order valence-corrected chi connectivity index (χ0v) is 10.6. The van der Waals surface area contributed by atoms with Crippen LogP contribution >= 0.6 is 0 Å². The van der Waals surface area contributed by atoms with Crippen molar-refractivity contribution in [3.8, 4) is 11.5 Å². The van der Waals surface area contributed by atoms with Crippen LogP contribution in [0.2, 0.25) is 0 Å². The molecule has 2 unspecified atom stereocenters. The Balaban J connectivity index is 1.62. The second-order valence-electron chi connectivity index (χ2n) is 4.57. The van der Waals surface area contributed by atoms with Crippen LogP contribution < -0.4 is 20.1 Å². The minimum absolute atomic E-state index is 0.230. The SMILES string of the molecule is CNC1COc2cc(OCC3CNC(=O)O3)ccc21. The number of rotatable bonds is 4. The van der Waals surface area contributed by atoms with Crippen LogP contribution in [0.1, 0.15) is 11.6 Å². The predicted molar refractivity (Wildman–Crippen MR) is 67.5 cm³/mol. The van der Waals surface area contributed by atoms with E-state index in [1.54, 1.807) is 0 Å². The number of likely N-dealkylation sites (N-methyl/N-ethyl adjacent to an activating group) is 1. The molecule has 102 valence electrons. The number of hydrogen-bond donors (Lipinski definition) is 2. The molecule has 2 N–H and O–H groups in total. The summed E-state index contributed by atoms with van der Waals surface area (Å²) in [5, 5.41) is 5.78. The first-order valence-corrected chi connectivity index (χ1v) is 6.27. The molecule has 2 heterocycles. The maximum Gasteiger partial charge on any atom is 0.407 e. The Hall–Kier alpha value is -1.95. The van der Waals surface area contributed by atoms with Gasteiger partial charge in [0.2, 0.25) is 0 Å². The molecule has 2 aliphatic heterocycles. The van der Waals surface area contributed by atoms with Gasteiger partial charge in [-0.1, -0.05) is 0 Å². The first-order valence-electron chi connectivity index (χ1n) is 6.27. The van der Waals surface area contributed by atoms with Gasteiger partial charge in [-0.2, -0.15) is 0 Å². The number of hydrogen-bond acceptors (Lipinski definition) is 5. The summed E-state index contributed by atoms with van der Waals surface area (Å²) in [6.45, 7) is 1.47. The molecule has 2 atom stereocenters. The Kier molecular flexibility index (Phi) is 3.16. The number of alkyl carbamates (subject to hydrolysis) is 1. The van der Waals surface area contributed by atoms with E-state index in [1.807, 2.05) is 25.2 Å². The van der Waals surface area contributed by atoms with E-state index in [0.29, 0.717) is 19.8 Å². The maximum atomic E-state index is 10.9. The van der Waals surface area contributed by atoms with Crippen LogP contribution in [0.4, 0.5) is 4.79 Å². The highest BCUT2D eigenvalue weighted by atomic mass is 16.6. The topological polar surface area (TPSA) is 68.8 Å². The van der Waals surface area contributed by atoms with E-state index < -0.39 is 0 Å². The molecule has 0 spiro atoms. The van der Waals surface area contributed by atoms with Crippen LogP contribution in [-0.2, 0) is 4.74 Å². The van der Waals surface area contributed by atoms with Crippen molar-refractivity contribution in [2.75, 3.05) is 26.8 Å². The van der Waals surface area contributed by atoms with E-state index in [0.717, 1.165) is 17.1 Å². The van der Waals surface area contributed by atoms with E-state index in [1.165, 1.54) is 0 Å². The third-order valence-electron chi connectivity index (χ3n) is 3.30. The smallest absolute Gasteiger partial charge is 0.407 e. The van der Waals surface area contributed by atoms with Crippen molar-refractivity contribution in [3.63, 3.8) is 0 Å². The number of benzene rings is 1. The number of carbonyl (C=O) groups excluding carboxylic acids is 1. The van der Waals surface area contributed by atoms with Crippen molar-refractivity contribution in [1.82, 2.24) is 10.6 Å². The molecule has 0 bridgehead atoms. The minimum atomic E-state index is -0.386. The van der Waals surface area contributed by atoms with Gasteiger partial charge in [-0.25, -0.2) is 4.79 Å². The van der Waals surface area contributed by atoms with Crippen LogP contribution in [-0.4, -0.2) is 39.0 Å². The highest BCUT2D eigenvalue weighted by molar-refractivity contribution is 5.69. The van der Waals surface area contributed by atoms with Crippen LogP contribution in [0.3, 0.4) is 0 Å². The Morgan fingerprint density at radius 2 is 2.42 bits per heavy atom. The molecule has 0 radical (unpaired) electrons. The number of fused-ring (bicyclic) bond motifs is 1. The lowest BCUT2D eigenvalue weighted by Crippen LogP contribution is -2.21. The van der Waals surface area contributed by atoms with Gasteiger partial charge in [-0.05, 0) is 19.2 Å². The average Bonchev–Trinajstić information content (AvgIpc) is 3.01. The van der Waals surface area contributed by atoms with E-state index in [9.17, 15) is 4.79 Å². The van der Waals surface area contributed by atoms with Gasteiger partial charge in [0.1, 0.15) is 24.7 Å². The molecule has 1 saturated heterocycles. The summed E-state index contributed by atoms with van der Waals surface area (Å²) in [5.74, 6) is 1.57. The lowest BCUT2D eigenvalue weighted by Gasteiger charge is -2.11. The fraction of sp³-hybridized carbons (Fsp3) is 0.462. The summed E-state index contributed by atoms with van der Waals surface area (Å²) in [5.41, 5.74) is 1.14. The van der Waals surface area contributed by atoms with Crippen LogP contribution in [0.5, 0.6) is 11.5 Å². The molecule has 1 fully saturated rings. The summed E-state index contributed by atoms with van der Waals surface area (Å²) in [4.78, 5) is 10.9. The van der Waals surface area contributed by atoms with Gasteiger partial charge in [-0.3, -0.25) is 0 Å². The number of cyclic esters (lactones) is 1. The van der Waals surface area contributed by atoms with Crippen molar-refractivity contribution in [2.45, 2.75) is 12.1 Å². The number of ether oxygens (including phenoxy) is 3. The van der Waals surface area contributed by atoms with Crippen LogP contribution in [0, 0.1) is 0 Å². The van der Waals surface area contributed by atoms with E-state index in [2.05, 4.69) is 10.6 Å². The van der Waals surface area contributed by atoms with Crippen molar-refractivity contribution in [1.29, 1.82) is 0 Å². The summed E-state index contributed by atoms with van der Waals surface area (Å²) < 4.78 is 16.2. The Morgan fingerprint density at radius 1 is 1.53 bits per heavy atom. The van der Waals surface area contributed by atoms with Gasteiger partial charge in [0.15, 0.2) is 6.10 Å². The van der Waals surface area contributed by atoms with E-state index >= 15 is 0 Å². The molecule has 6 heteroatoms. The zero-order chi connectivity index (χ0) is 13.2. The molecule has 19 heavy (non-hydrogen) atoms. The van der Waals surface area contributed by atoms with Gasteiger partial charge in [0, 0.05) is 11.6 Å². The Labute approximate surface area is 111 Å². The molecule has 2 aliphatic rings. The van der Waals surface area contributed by atoms with Crippen molar-refractivity contribution < 1.29 is 19.0 Å². The van der Waals surface area contributed by atoms with Crippen LogP contribution in [0.25, 0.3) is 0 Å². The van der Waals surface area contributed by atoms with Crippen LogP contribution in [0.15, 0.2) is 18.2 Å². The quantitative estimate of drug-likeness (QED) is 0.843. The van der Waals surface area contributed by atoms with Crippen molar-refractivity contribution in [2.24, 2.45) is 0 Å². The Bertz CT molecular complexity index is 492. The second-order valence-corrected chi connectivity index (χ2v) is 4.57. The zero-order valence-electron chi connectivity index (χ0n) is 10.6. The third-order valence-corrected chi connectivity index (χ3v) is 3.30. The molecule has 3 rings (SSSR count). The van der Waals surface area contributed by atoms with Crippen molar-refractivity contribution in [3.05, 3.63) is 23.8 Å². The third kappa shape index (κ3) is 2.44. The summed E-state index contributed by atoms with van der Waals surface area (Å²) in [6.07, 6.45) is -0.616. The highest BCUT2D eigenvalue weighted by Crippen LogP contribution is 2.35. The van der Waals surface area contributed by atoms with Crippen molar-refractivity contribution >= 4 is 6.09 Å². The molecule has 6 nitrogen and oxygen atoms in total. The first kappa shape index (κ1) is 12.1. The maximum absolute atomic E-state index is 10.9. The van der Waals surface area contributed by atoms with Gasteiger partial charge in [-0.15, -0.1) is 0 Å². The lowest BCUT2D eigenvalue weighted by atomic mass is 10.1. The predicted octanol–water partition coefficient (Wildman–Crippen LogP) is 0.827. The minimum Gasteiger partial charge on any atom is -0.491 e. The molecule has 0 aliphatic carbocycles. The number of amides is 1. The average molecular weight is 264 g/mol. The molecule has 0 aromatic heterocycles. The van der Waals surface area contributed by atoms with Gasteiger partial charge >= 0.3 is 6.09 Å². The number of carbonyl (C=O) groups is 1. The lowest BCUT2D eigenvalue weighted by molar-refractivity contribution is 0.105. The molecular weight excluding hydrogens is 248 g/mol. The number of nitrogens with one attached hydrogen (secondary N) is 2. The van der Waals surface area contributed by atoms with Gasteiger partial charge < -0.3 is 24.8 Å². The molecule has 0 saturated carbocycles. The highest BCUT2D eigenvalue weighted by Gasteiger charge is 2.25. The van der Waals surface area contributed by atoms with E-state index in [-0.39, 0.29) is 18.2 Å². The standard InChI is InChI=1S/C13H16N2O4/c1-14-11-7-18-12-4-8(2-3-10(11)12)17-6-9-5-15-13(16)19-9/h2-4,9,11,14H,5-7H2,1H3,(H,15,16). The molecule has 1 aromatic carbocycles. The summed E-state index contributed by atoms with van der Waals surface area (Å²) in [7, 11) is 1.91. The second kappa shape index (κ2) is 4.97. The fourth-order valence-electron chi connectivity index (χ4n) is 2.23. The normalized spacial score (nSPS) is 24.4. The van der Waals surface area contributed by atoms with E-state index in [4.69, 9.17) is 14.2 Å². The summed E-state index contributed by atoms with van der Waals surface area (Å²) >= 11 is 0. The molecule has 1 aromatic rings. The fourth-order valence-corrected chi connectivity index (χ4v) is 2.23. The molecule has 1 amide bonds. The first-order chi connectivity index (χ1) is 9.26. The van der Waals surface area contributed by atoms with Gasteiger partial charge in [0.05, 0.1) is 12.6 Å². The largest absolute Gasteiger partial charge is 0.491 e.